The van der Waals surface area contributed by atoms with Crippen LogP contribution in [0.25, 0.3) is 0 Å². The molecule has 4 nitrogen and oxygen atoms in total. The summed E-state index contributed by atoms with van der Waals surface area (Å²) >= 11 is 7.34. The third-order valence-corrected chi connectivity index (χ3v) is 3.58. The van der Waals surface area contributed by atoms with Gasteiger partial charge in [-0.2, -0.15) is 0 Å². The lowest BCUT2D eigenvalue weighted by Crippen LogP contribution is -2.13. The molecule has 2 rings (SSSR count). The molecule has 0 bridgehead atoms. The van der Waals surface area contributed by atoms with Gasteiger partial charge in [0.15, 0.2) is 5.13 Å². The molecular weight excluding hydrogens is 282 g/mol. The highest BCUT2D eigenvalue weighted by molar-refractivity contribution is 7.13. The van der Waals surface area contributed by atoms with E-state index in [2.05, 4.69) is 15.3 Å². The van der Waals surface area contributed by atoms with Gasteiger partial charge in [-0.1, -0.05) is 25.4 Å². The van der Waals surface area contributed by atoms with Crippen molar-refractivity contribution in [1.29, 1.82) is 0 Å². The lowest BCUT2D eigenvalue weighted by atomic mass is 10.1. The Morgan fingerprint density at radius 2 is 2.11 bits per heavy atom. The van der Waals surface area contributed by atoms with Crippen LogP contribution in [0.1, 0.15) is 41.5 Å². The van der Waals surface area contributed by atoms with Gasteiger partial charge in [-0.3, -0.25) is 10.1 Å². The molecule has 6 heteroatoms. The van der Waals surface area contributed by atoms with Gasteiger partial charge < -0.3 is 0 Å². The maximum atomic E-state index is 12.1. The largest absolute Gasteiger partial charge is 0.298 e. The smallest absolute Gasteiger partial charge is 0.257 e. The van der Waals surface area contributed by atoms with Gasteiger partial charge in [0.25, 0.3) is 5.91 Å². The number of hydrogen-bond donors (Lipinski definition) is 1. The number of amides is 1. The maximum absolute atomic E-state index is 12.1. The zero-order chi connectivity index (χ0) is 14.0. The van der Waals surface area contributed by atoms with Crippen LogP contribution in [0, 0.1) is 6.92 Å². The van der Waals surface area contributed by atoms with Crippen molar-refractivity contribution < 1.29 is 4.79 Å². The predicted octanol–water partition coefficient (Wildman–Crippen LogP) is 3.88. The monoisotopic (exact) mass is 295 g/mol. The van der Waals surface area contributed by atoms with Crippen molar-refractivity contribution in [1.82, 2.24) is 9.97 Å². The first-order chi connectivity index (χ1) is 8.95. The highest BCUT2D eigenvalue weighted by atomic mass is 35.5. The Balaban J connectivity index is 2.23. The summed E-state index contributed by atoms with van der Waals surface area (Å²) in [4.78, 5) is 20.5. The average Bonchev–Trinajstić information content (AvgIpc) is 2.73. The molecule has 0 fully saturated rings. The van der Waals surface area contributed by atoms with Crippen molar-refractivity contribution in [3.8, 4) is 0 Å². The summed E-state index contributed by atoms with van der Waals surface area (Å²) < 4.78 is 0. The van der Waals surface area contributed by atoms with Crippen molar-refractivity contribution in [2.24, 2.45) is 0 Å². The first-order valence-electron chi connectivity index (χ1n) is 5.86. The number of halogens is 1. The number of aromatic nitrogens is 2. The molecule has 0 radical (unpaired) electrons. The zero-order valence-corrected chi connectivity index (χ0v) is 12.5. The molecule has 0 spiro atoms. The summed E-state index contributed by atoms with van der Waals surface area (Å²) in [5.74, 6) is -0.00657. The van der Waals surface area contributed by atoms with Gasteiger partial charge in [-0.05, 0) is 25.0 Å². The van der Waals surface area contributed by atoms with E-state index in [1.54, 1.807) is 12.1 Å². The third kappa shape index (κ3) is 3.52. The van der Waals surface area contributed by atoms with Crippen LogP contribution in [0.3, 0.4) is 0 Å². The highest BCUT2D eigenvalue weighted by Gasteiger charge is 2.12. The molecule has 0 aliphatic rings. The standard InChI is InChI=1S/C13H14ClN3OS/c1-7(2)10-4-9(5-11(14)16-10)12(18)17-13-15-8(3)6-19-13/h4-7H,1-3H3,(H,15,17,18). The van der Waals surface area contributed by atoms with Gasteiger partial charge in [0.05, 0.1) is 5.69 Å². The van der Waals surface area contributed by atoms with Crippen molar-refractivity contribution in [3.63, 3.8) is 0 Å². The number of carbonyl (C=O) groups excluding carboxylic acids is 1. The Morgan fingerprint density at radius 1 is 1.37 bits per heavy atom. The molecule has 2 aromatic rings. The molecule has 1 N–H and O–H groups in total. The second kappa shape index (κ2) is 5.67. The predicted molar refractivity (Wildman–Crippen MR) is 78.1 cm³/mol. The minimum absolute atomic E-state index is 0.215. The molecule has 100 valence electrons. The van der Waals surface area contributed by atoms with Crippen LogP contribution in [0.15, 0.2) is 17.5 Å². The maximum Gasteiger partial charge on any atom is 0.257 e. The molecule has 2 heterocycles. The van der Waals surface area contributed by atoms with Crippen LogP contribution in [0.4, 0.5) is 5.13 Å². The van der Waals surface area contributed by atoms with E-state index < -0.39 is 0 Å². The first kappa shape index (κ1) is 14.0. The third-order valence-electron chi connectivity index (χ3n) is 2.51. The van der Waals surface area contributed by atoms with E-state index in [0.29, 0.717) is 15.8 Å². The lowest BCUT2D eigenvalue weighted by Gasteiger charge is -2.08. The van der Waals surface area contributed by atoms with Gasteiger partial charge in [0.2, 0.25) is 0 Å². The topological polar surface area (TPSA) is 54.9 Å². The SMILES string of the molecule is Cc1csc(NC(=O)c2cc(Cl)nc(C(C)C)c2)n1. The summed E-state index contributed by atoms with van der Waals surface area (Å²) in [7, 11) is 0. The second-order valence-electron chi connectivity index (χ2n) is 4.51. The molecule has 0 aliphatic carbocycles. The van der Waals surface area contributed by atoms with E-state index in [1.807, 2.05) is 26.2 Å². The molecule has 0 saturated heterocycles. The second-order valence-corrected chi connectivity index (χ2v) is 5.75. The number of nitrogens with zero attached hydrogens (tertiary/aromatic N) is 2. The normalized spacial score (nSPS) is 10.8. The van der Waals surface area contributed by atoms with E-state index >= 15 is 0 Å². The van der Waals surface area contributed by atoms with E-state index in [-0.39, 0.29) is 11.8 Å². The zero-order valence-electron chi connectivity index (χ0n) is 10.9. The quantitative estimate of drug-likeness (QED) is 0.874. The Bertz CT molecular complexity index is 610. The fourth-order valence-corrected chi connectivity index (χ4v) is 2.42. The van der Waals surface area contributed by atoms with Crippen LogP contribution >= 0.6 is 22.9 Å². The molecule has 2 aromatic heterocycles. The number of carbonyl (C=O) groups is 1. The molecule has 19 heavy (non-hydrogen) atoms. The fourth-order valence-electron chi connectivity index (χ4n) is 1.52. The van der Waals surface area contributed by atoms with Crippen molar-refractivity contribution in [3.05, 3.63) is 39.6 Å². The molecular formula is C13H14ClN3OS. The lowest BCUT2D eigenvalue weighted by molar-refractivity contribution is 0.102. The average molecular weight is 296 g/mol. The van der Waals surface area contributed by atoms with Crippen LogP contribution in [-0.4, -0.2) is 15.9 Å². The number of rotatable bonds is 3. The van der Waals surface area contributed by atoms with E-state index in [4.69, 9.17) is 11.6 Å². The Kier molecular flexibility index (Phi) is 4.17. The highest BCUT2D eigenvalue weighted by Crippen LogP contribution is 2.20. The number of nitrogens with one attached hydrogen (secondary N) is 1. The summed E-state index contributed by atoms with van der Waals surface area (Å²) in [5.41, 5.74) is 2.18. The minimum Gasteiger partial charge on any atom is -0.298 e. The van der Waals surface area contributed by atoms with Crippen LogP contribution in [0.2, 0.25) is 5.15 Å². The van der Waals surface area contributed by atoms with E-state index in [9.17, 15) is 4.79 Å². The van der Waals surface area contributed by atoms with E-state index in [0.717, 1.165) is 11.4 Å². The number of thiazole rings is 1. The Hall–Kier alpha value is -1.46. The molecule has 0 saturated carbocycles. The van der Waals surface area contributed by atoms with Gasteiger partial charge in [-0.25, -0.2) is 9.97 Å². The van der Waals surface area contributed by atoms with Crippen LogP contribution in [0.5, 0.6) is 0 Å². The number of aryl methyl sites for hydroxylation is 1. The molecule has 1 amide bonds. The summed E-state index contributed by atoms with van der Waals surface area (Å²) in [6.07, 6.45) is 0. The van der Waals surface area contributed by atoms with Crippen molar-refractivity contribution in [2.45, 2.75) is 26.7 Å². The van der Waals surface area contributed by atoms with E-state index in [1.165, 1.54) is 11.3 Å². The van der Waals surface area contributed by atoms with Crippen molar-refractivity contribution in [2.75, 3.05) is 5.32 Å². The summed E-state index contributed by atoms with van der Waals surface area (Å²) in [5, 5.41) is 5.55. The fraction of sp³-hybridized carbons (Fsp3) is 0.308. The Labute approximate surface area is 120 Å². The molecule has 0 aromatic carbocycles. The van der Waals surface area contributed by atoms with Crippen LogP contribution < -0.4 is 5.32 Å². The van der Waals surface area contributed by atoms with Gasteiger partial charge >= 0.3 is 0 Å². The summed E-state index contributed by atoms with van der Waals surface area (Å²) in [6.45, 7) is 5.89. The van der Waals surface area contributed by atoms with Gasteiger partial charge in [0.1, 0.15) is 5.15 Å². The minimum atomic E-state index is -0.222. The first-order valence-corrected chi connectivity index (χ1v) is 7.12. The van der Waals surface area contributed by atoms with Crippen LogP contribution in [-0.2, 0) is 0 Å². The Morgan fingerprint density at radius 3 is 2.68 bits per heavy atom. The van der Waals surface area contributed by atoms with Gasteiger partial charge in [0, 0.05) is 16.6 Å². The van der Waals surface area contributed by atoms with Gasteiger partial charge in [-0.15, -0.1) is 11.3 Å². The number of anilines is 1. The molecule has 0 atom stereocenters. The molecule has 0 aliphatic heterocycles. The molecule has 0 unspecified atom stereocenters. The summed E-state index contributed by atoms with van der Waals surface area (Å²) in [6, 6.07) is 3.32. The van der Waals surface area contributed by atoms with Crippen molar-refractivity contribution >= 4 is 34.0 Å². The number of hydrogen-bond acceptors (Lipinski definition) is 4. The number of pyridine rings is 1.